The Kier molecular flexibility index (Phi) is 5.00. The van der Waals surface area contributed by atoms with Crippen molar-refractivity contribution in [2.45, 2.75) is 51.3 Å². The van der Waals surface area contributed by atoms with Crippen molar-refractivity contribution >= 4 is 24.2 Å². The summed E-state index contributed by atoms with van der Waals surface area (Å²) in [5.74, 6) is 3.52. The zero-order valence-electron chi connectivity index (χ0n) is 10.5. The van der Waals surface area contributed by atoms with Crippen molar-refractivity contribution in [2.75, 3.05) is 18.1 Å². The van der Waals surface area contributed by atoms with Crippen molar-refractivity contribution in [2.24, 2.45) is 5.92 Å². The van der Waals surface area contributed by atoms with E-state index in [-0.39, 0.29) is 23.7 Å². The van der Waals surface area contributed by atoms with Crippen molar-refractivity contribution in [3.8, 4) is 0 Å². The first-order chi connectivity index (χ1) is 6.99. The number of halogens is 1. The summed E-state index contributed by atoms with van der Waals surface area (Å²) in [5.41, 5.74) is 0.0720. The van der Waals surface area contributed by atoms with E-state index in [1.807, 2.05) is 0 Å². The molecule has 0 aromatic rings. The lowest BCUT2D eigenvalue weighted by Crippen LogP contribution is -2.47. The van der Waals surface area contributed by atoms with E-state index in [1.165, 1.54) is 30.8 Å². The van der Waals surface area contributed by atoms with Crippen LogP contribution in [-0.4, -0.2) is 29.4 Å². The molecule has 0 aromatic carbocycles. The van der Waals surface area contributed by atoms with E-state index in [0.717, 1.165) is 12.5 Å². The SMILES string of the molecule is CC1(C)COC(C)(CC2CCCSC2)N1.Cl. The molecule has 16 heavy (non-hydrogen) atoms. The number of rotatable bonds is 2. The van der Waals surface area contributed by atoms with Gasteiger partial charge in [-0.2, -0.15) is 11.8 Å². The van der Waals surface area contributed by atoms with Crippen LogP contribution >= 0.6 is 24.2 Å². The quantitative estimate of drug-likeness (QED) is 0.829. The minimum absolute atomic E-state index is 0. The zero-order chi connectivity index (χ0) is 10.9. The summed E-state index contributed by atoms with van der Waals surface area (Å²) in [5, 5.41) is 3.62. The maximum Gasteiger partial charge on any atom is 0.117 e. The fourth-order valence-corrected chi connectivity index (χ4v) is 3.91. The van der Waals surface area contributed by atoms with Crippen molar-refractivity contribution in [1.82, 2.24) is 5.32 Å². The van der Waals surface area contributed by atoms with Gasteiger partial charge in [-0.3, -0.25) is 5.32 Å². The van der Waals surface area contributed by atoms with Crippen LogP contribution in [0.5, 0.6) is 0 Å². The second-order valence-corrected chi connectivity index (χ2v) is 6.97. The van der Waals surface area contributed by atoms with Gasteiger partial charge in [0.05, 0.1) is 6.61 Å². The summed E-state index contributed by atoms with van der Waals surface area (Å²) in [6, 6.07) is 0. The highest BCUT2D eigenvalue weighted by Crippen LogP contribution is 2.33. The predicted molar refractivity (Wildman–Crippen MR) is 73.5 cm³/mol. The first-order valence-electron chi connectivity index (χ1n) is 6.00. The monoisotopic (exact) mass is 265 g/mol. The Balaban J connectivity index is 0.00000128. The normalized spacial score (nSPS) is 38.1. The number of hydrogen-bond donors (Lipinski definition) is 1. The van der Waals surface area contributed by atoms with E-state index in [0.29, 0.717) is 0 Å². The second kappa shape index (κ2) is 5.47. The Morgan fingerprint density at radius 3 is 2.62 bits per heavy atom. The molecular weight excluding hydrogens is 242 g/mol. The summed E-state index contributed by atoms with van der Waals surface area (Å²) in [6.07, 6.45) is 3.94. The van der Waals surface area contributed by atoms with Crippen LogP contribution in [0.2, 0.25) is 0 Å². The van der Waals surface area contributed by atoms with Crippen molar-refractivity contribution in [1.29, 1.82) is 0 Å². The van der Waals surface area contributed by atoms with Crippen LogP contribution in [0.3, 0.4) is 0 Å². The third-order valence-corrected chi connectivity index (χ3v) is 4.57. The molecule has 1 N–H and O–H groups in total. The molecule has 2 rings (SSSR count). The highest BCUT2D eigenvalue weighted by atomic mass is 35.5. The van der Waals surface area contributed by atoms with E-state index in [9.17, 15) is 0 Å². The van der Waals surface area contributed by atoms with Gasteiger partial charge in [0.25, 0.3) is 0 Å². The molecule has 2 nitrogen and oxygen atoms in total. The van der Waals surface area contributed by atoms with Gasteiger partial charge in [-0.1, -0.05) is 0 Å². The van der Waals surface area contributed by atoms with Gasteiger partial charge in [0.15, 0.2) is 0 Å². The molecule has 2 fully saturated rings. The van der Waals surface area contributed by atoms with E-state index >= 15 is 0 Å². The van der Waals surface area contributed by atoms with Crippen LogP contribution in [0.1, 0.15) is 40.0 Å². The Labute approximate surface area is 110 Å². The lowest BCUT2D eigenvalue weighted by atomic mass is 9.94. The lowest BCUT2D eigenvalue weighted by Gasteiger charge is -2.32. The van der Waals surface area contributed by atoms with Gasteiger partial charge < -0.3 is 4.74 Å². The van der Waals surface area contributed by atoms with Crippen LogP contribution in [0.4, 0.5) is 0 Å². The van der Waals surface area contributed by atoms with Gasteiger partial charge in [-0.15, -0.1) is 12.4 Å². The van der Waals surface area contributed by atoms with E-state index in [1.54, 1.807) is 0 Å². The minimum Gasteiger partial charge on any atom is -0.359 e. The number of hydrogen-bond acceptors (Lipinski definition) is 3. The molecule has 2 heterocycles. The highest BCUT2D eigenvalue weighted by Gasteiger charge is 2.41. The third-order valence-electron chi connectivity index (χ3n) is 3.29. The summed E-state index contributed by atoms with van der Waals surface area (Å²) >= 11 is 2.10. The van der Waals surface area contributed by atoms with Gasteiger partial charge in [0, 0.05) is 5.54 Å². The van der Waals surface area contributed by atoms with Crippen molar-refractivity contribution < 1.29 is 4.74 Å². The molecule has 0 radical (unpaired) electrons. The van der Waals surface area contributed by atoms with Gasteiger partial charge in [-0.25, -0.2) is 0 Å². The van der Waals surface area contributed by atoms with Crippen LogP contribution in [0.15, 0.2) is 0 Å². The Bertz CT molecular complexity index is 231. The maximum atomic E-state index is 5.94. The summed E-state index contributed by atoms with van der Waals surface area (Å²) in [4.78, 5) is 0. The van der Waals surface area contributed by atoms with E-state index in [2.05, 4.69) is 37.8 Å². The lowest BCUT2D eigenvalue weighted by molar-refractivity contribution is -0.0124. The van der Waals surface area contributed by atoms with Crippen molar-refractivity contribution in [3.05, 3.63) is 0 Å². The average molecular weight is 266 g/mol. The molecule has 0 aromatic heterocycles. The molecular formula is C12H24ClNOS. The minimum atomic E-state index is -0.0773. The fourth-order valence-electron chi connectivity index (χ4n) is 2.76. The topological polar surface area (TPSA) is 21.3 Å². The van der Waals surface area contributed by atoms with Crippen LogP contribution in [0.25, 0.3) is 0 Å². The predicted octanol–water partition coefficient (Wildman–Crippen LogP) is 3.06. The van der Waals surface area contributed by atoms with Crippen LogP contribution in [-0.2, 0) is 4.74 Å². The molecule has 4 heteroatoms. The second-order valence-electron chi connectivity index (χ2n) is 5.82. The standard InChI is InChI=1S/C12H23NOS.ClH/c1-11(2)9-14-12(3,13-11)7-10-5-4-6-15-8-10;/h10,13H,4-9H2,1-3H3;1H. The maximum absolute atomic E-state index is 5.94. The molecule has 2 aliphatic heterocycles. The van der Waals surface area contributed by atoms with Gasteiger partial charge >= 0.3 is 0 Å². The molecule has 2 aliphatic rings. The van der Waals surface area contributed by atoms with Crippen molar-refractivity contribution in [3.63, 3.8) is 0 Å². The smallest absolute Gasteiger partial charge is 0.117 e. The summed E-state index contributed by atoms with van der Waals surface area (Å²) < 4.78 is 5.94. The zero-order valence-corrected chi connectivity index (χ0v) is 12.2. The van der Waals surface area contributed by atoms with Crippen LogP contribution in [0, 0.1) is 5.92 Å². The Morgan fingerprint density at radius 1 is 1.38 bits per heavy atom. The molecule has 2 unspecified atom stereocenters. The van der Waals surface area contributed by atoms with E-state index < -0.39 is 0 Å². The van der Waals surface area contributed by atoms with Gasteiger partial charge in [0.2, 0.25) is 0 Å². The number of nitrogens with one attached hydrogen (secondary N) is 1. The molecule has 0 aliphatic carbocycles. The Hall–Kier alpha value is 0.560. The number of ether oxygens (including phenoxy) is 1. The number of thioether (sulfide) groups is 1. The first kappa shape index (κ1) is 14.6. The van der Waals surface area contributed by atoms with E-state index in [4.69, 9.17) is 4.74 Å². The molecule has 96 valence electrons. The molecule has 0 saturated carbocycles. The molecule has 0 spiro atoms. The molecule has 0 bridgehead atoms. The fraction of sp³-hybridized carbons (Fsp3) is 1.00. The third kappa shape index (κ3) is 3.80. The molecule has 2 saturated heterocycles. The molecule has 0 amide bonds. The van der Waals surface area contributed by atoms with Gasteiger partial charge in [-0.05, 0) is 57.5 Å². The van der Waals surface area contributed by atoms with Crippen LogP contribution < -0.4 is 5.32 Å². The highest BCUT2D eigenvalue weighted by molar-refractivity contribution is 7.99. The average Bonchev–Trinajstić information content (AvgIpc) is 2.42. The summed E-state index contributed by atoms with van der Waals surface area (Å²) in [7, 11) is 0. The first-order valence-corrected chi connectivity index (χ1v) is 7.16. The Morgan fingerprint density at radius 2 is 2.12 bits per heavy atom. The van der Waals surface area contributed by atoms with Gasteiger partial charge in [0.1, 0.15) is 5.72 Å². The summed E-state index contributed by atoms with van der Waals surface area (Å²) in [6.45, 7) is 7.48. The molecule has 2 atom stereocenters. The largest absolute Gasteiger partial charge is 0.359 e.